The molecule has 3 aromatic carbocycles. The van der Waals surface area contributed by atoms with Gasteiger partial charge in [0, 0.05) is 30.0 Å². The van der Waals surface area contributed by atoms with Crippen LogP contribution in [0.2, 0.25) is 0 Å². The maximum atomic E-state index is 13.4. The van der Waals surface area contributed by atoms with Crippen LogP contribution in [0, 0.1) is 5.92 Å². The maximum absolute atomic E-state index is 13.4. The van der Waals surface area contributed by atoms with Crippen molar-refractivity contribution in [2.75, 3.05) is 6.61 Å². The van der Waals surface area contributed by atoms with Crippen LogP contribution in [0.15, 0.2) is 90.1 Å². The van der Waals surface area contributed by atoms with Gasteiger partial charge >= 0.3 is 0 Å². The van der Waals surface area contributed by atoms with Crippen molar-refractivity contribution in [2.45, 2.75) is 44.9 Å². The number of rotatable bonds is 6. The first-order valence-electron chi connectivity index (χ1n) is 12.4. The number of allylic oxidation sites excluding steroid dienone is 2. The minimum Gasteiger partial charge on any atom is -0.493 e. The third-order valence-corrected chi connectivity index (χ3v) is 6.89. The van der Waals surface area contributed by atoms with Gasteiger partial charge in [-0.2, -0.15) is 0 Å². The molecule has 2 unspecified atom stereocenters. The number of Topliss-reactive ketones (excluding diaryl/α,β-unsaturated/α-hetero) is 1. The van der Waals surface area contributed by atoms with Gasteiger partial charge in [0.15, 0.2) is 5.78 Å². The van der Waals surface area contributed by atoms with Crippen LogP contribution >= 0.6 is 0 Å². The second kappa shape index (κ2) is 9.91. The Labute approximate surface area is 207 Å². The van der Waals surface area contributed by atoms with E-state index in [1.165, 1.54) is 0 Å². The van der Waals surface area contributed by atoms with Crippen LogP contribution in [0.4, 0.5) is 0 Å². The van der Waals surface area contributed by atoms with E-state index < -0.39 is 0 Å². The number of ketones is 1. The molecule has 0 spiro atoms. The van der Waals surface area contributed by atoms with Crippen molar-refractivity contribution in [3.05, 3.63) is 101 Å². The highest BCUT2D eigenvalue weighted by Crippen LogP contribution is 2.43. The molecule has 5 rings (SSSR count). The molecule has 4 heteroatoms. The van der Waals surface area contributed by atoms with Gasteiger partial charge in [0.05, 0.1) is 6.61 Å². The summed E-state index contributed by atoms with van der Waals surface area (Å²) in [6, 6.07) is 26.5. The highest BCUT2D eigenvalue weighted by atomic mass is 16.5. The topological polar surface area (TPSA) is 55.4 Å². The van der Waals surface area contributed by atoms with Gasteiger partial charge in [-0.05, 0) is 52.6 Å². The van der Waals surface area contributed by atoms with Gasteiger partial charge in [-0.25, -0.2) is 0 Å². The monoisotopic (exact) mass is 465 g/mol. The number of carbonyl (C=O) groups excluding carboxylic acids is 2. The first kappa shape index (κ1) is 23.1. The molecule has 4 nitrogen and oxygen atoms in total. The second-order valence-corrected chi connectivity index (χ2v) is 9.99. The van der Waals surface area contributed by atoms with Gasteiger partial charge in [-0.15, -0.1) is 0 Å². The van der Waals surface area contributed by atoms with Crippen LogP contribution in [0.25, 0.3) is 11.1 Å². The zero-order chi connectivity index (χ0) is 24.4. The second-order valence-electron chi connectivity index (χ2n) is 9.99. The van der Waals surface area contributed by atoms with E-state index in [1.54, 1.807) is 0 Å². The quantitative estimate of drug-likeness (QED) is 0.459. The van der Waals surface area contributed by atoms with Crippen LogP contribution < -0.4 is 10.1 Å². The molecule has 1 aliphatic heterocycles. The van der Waals surface area contributed by atoms with Crippen LogP contribution in [0.1, 0.15) is 56.1 Å². The average molecular weight is 466 g/mol. The third kappa shape index (κ3) is 5.07. The van der Waals surface area contributed by atoms with Crippen molar-refractivity contribution in [1.29, 1.82) is 0 Å². The van der Waals surface area contributed by atoms with Crippen molar-refractivity contribution in [3.8, 4) is 16.9 Å². The molecule has 35 heavy (non-hydrogen) atoms. The fourth-order valence-corrected chi connectivity index (χ4v) is 5.12. The summed E-state index contributed by atoms with van der Waals surface area (Å²) in [5.41, 5.74) is 5.97. The zero-order valence-corrected chi connectivity index (χ0v) is 20.3. The van der Waals surface area contributed by atoms with Gasteiger partial charge in [0.25, 0.3) is 0 Å². The number of amides is 1. The van der Waals surface area contributed by atoms with Crippen molar-refractivity contribution >= 4 is 11.7 Å². The Bertz CT molecular complexity index is 1240. The van der Waals surface area contributed by atoms with E-state index in [0.717, 1.165) is 39.3 Å². The Hall–Kier alpha value is -3.66. The van der Waals surface area contributed by atoms with Crippen LogP contribution in [0.5, 0.6) is 5.75 Å². The number of hydrogen-bond donors (Lipinski definition) is 1. The molecule has 1 N–H and O–H groups in total. The summed E-state index contributed by atoms with van der Waals surface area (Å²) in [6.07, 6.45) is 1.43. The molecule has 1 aliphatic carbocycles. The molecule has 3 aromatic rings. The average Bonchev–Trinajstić information content (AvgIpc) is 2.87. The van der Waals surface area contributed by atoms with Gasteiger partial charge in [-0.3, -0.25) is 9.59 Å². The standard InChI is InChI=1S/C31H31NO3/c1-20(2)19-35-26-14-12-23(13-15-26)25-16-28-31(29(33)17-25)27(18-30(34)32-28)24-10-8-22(9-11-24)21-6-4-3-5-7-21/h3-15,20,25,27H,16-19H2,1-2H3,(H,32,34). The van der Waals surface area contributed by atoms with Gasteiger partial charge < -0.3 is 10.1 Å². The number of carbonyl (C=O) groups is 2. The molecule has 0 fully saturated rings. The Kier molecular flexibility index (Phi) is 6.54. The lowest BCUT2D eigenvalue weighted by Crippen LogP contribution is -2.38. The fourth-order valence-electron chi connectivity index (χ4n) is 5.12. The molecule has 1 amide bonds. The molecule has 1 heterocycles. The molecule has 0 saturated carbocycles. The number of hydrogen-bond acceptors (Lipinski definition) is 3. The molecule has 0 aromatic heterocycles. The van der Waals surface area contributed by atoms with Crippen LogP contribution in [0.3, 0.4) is 0 Å². The van der Waals surface area contributed by atoms with Crippen molar-refractivity contribution in [2.24, 2.45) is 5.92 Å². The molecular formula is C31H31NO3. The number of ether oxygens (including phenoxy) is 1. The van der Waals surface area contributed by atoms with E-state index in [4.69, 9.17) is 4.74 Å². The third-order valence-electron chi connectivity index (χ3n) is 6.89. The lowest BCUT2D eigenvalue weighted by Gasteiger charge is -2.34. The smallest absolute Gasteiger partial charge is 0.225 e. The lowest BCUT2D eigenvalue weighted by atomic mass is 9.73. The molecule has 0 bridgehead atoms. The molecule has 0 saturated heterocycles. The summed E-state index contributed by atoms with van der Waals surface area (Å²) >= 11 is 0. The molecule has 2 atom stereocenters. The molecular weight excluding hydrogens is 434 g/mol. The number of benzene rings is 3. The minimum atomic E-state index is -0.191. The SMILES string of the molecule is CC(C)COc1ccc(C2CC(=O)C3=C(C2)NC(=O)CC3c2ccc(-c3ccccc3)cc2)cc1. The maximum Gasteiger partial charge on any atom is 0.225 e. The predicted octanol–water partition coefficient (Wildman–Crippen LogP) is 6.39. The predicted molar refractivity (Wildman–Crippen MR) is 138 cm³/mol. The summed E-state index contributed by atoms with van der Waals surface area (Å²) in [6.45, 7) is 4.92. The van der Waals surface area contributed by atoms with Crippen molar-refractivity contribution in [3.63, 3.8) is 0 Å². The zero-order valence-electron chi connectivity index (χ0n) is 20.3. The summed E-state index contributed by atoms with van der Waals surface area (Å²) in [5, 5.41) is 3.02. The minimum absolute atomic E-state index is 0.0215. The van der Waals surface area contributed by atoms with Gasteiger partial charge in [0.2, 0.25) is 5.91 Å². The van der Waals surface area contributed by atoms with Crippen LogP contribution in [-0.4, -0.2) is 18.3 Å². The van der Waals surface area contributed by atoms with Crippen molar-refractivity contribution in [1.82, 2.24) is 5.32 Å². The Morgan fingerprint density at radius 3 is 2.14 bits per heavy atom. The van der Waals surface area contributed by atoms with E-state index in [9.17, 15) is 9.59 Å². The molecule has 2 aliphatic rings. The van der Waals surface area contributed by atoms with Gasteiger partial charge in [-0.1, -0.05) is 80.6 Å². The van der Waals surface area contributed by atoms with E-state index in [0.29, 0.717) is 31.8 Å². The Morgan fingerprint density at radius 1 is 0.800 bits per heavy atom. The summed E-state index contributed by atoms with van der Waals surface area (Å²) in [7, 11) is 0. The largest absolute Gasteiger partial charge is 0.493 e. The lowest BCUT2D eigenvalue weighted by molar-refractivity contribution is -0.122. The summed E-state index contributed by atoms with van der Waals surface area (Å²) in [4.78, 5) is 26.0. The van der Waals surface area contributed by atoms with Crippen molar-refractivity contribution < 1.29 is 14.3 Å². The van der Waals surface area contributed by atoms with E-state index in [1.807, 2.05) is 42.5 Å². The fraction of sp³-hybridized carbons (Fsp3) is 0.290. The van der Waals surface area contributed by atoms with Gasteiger partial charge in [0.1, 0.15) is 5.75 Å². The van der Waals surface area contributed by atoms with E-state index >= 15 is 0 Å². The molecule has 178 valence electrons. The van der Waals surface area contributed by atoms with E-state index in [2.05, 4.69) is 55.6 Å². The normalized spacial score (nSPS) is 20.0. The van der Waals surface area contributed by atoms with E-state index in [-0.39, 0.29) is 23.5 Å². The first-order chi connectivity index (χ1) is 17.0. The van der Waals surface area contributed by atoms with Crippen LogP contribution in [-0.2, 0) is 9.59 Å². The highest BCUT2D eigenvalue weighted by Gasteiger charge is 2.38. The summed E-state index contributed by atoms with van der Waals surface area (Å²) in [5.74, 6) is 1.28. The highest BCUT2D eigenvalue weighted by molar-refractivity contribution is 6.02. The Balaban J connectivity index is 1.37. The summed E-state index contributed by atoms with van der Waals surface area (Å²) < 4.78 is 5.80. The number of nitrogens with one attached hydrogen (secondary N) is 1. The Morgan fingerprint density at radius 2 is 1.46 bits per heavy atom. The first-order valence-corrected chi connectivity index (χ1v) is 12.4. The molecule has 0 radical (unpaired) electrons.